The van der Waals surface area contributed by atoms with E-state index in [0.29, 0.717) is 31.3 Å². The molecule has 0 aromatic heterocycles. The second-order valence-electron chi connectivity index (χ2n) is 7.17. The third-order valence-corrected chi connectivity index (χ3v) is 7.16. The first kappa shape index (κ1) is 24.3. The summed E-state index contributed by atoms with van der Waals surface area (Å²) in [6.45, 7) is 4.02. The Balaban J connectivity index is 1.73. The van der Waals surface area contributed by atoms with Crippen LogP contribution in [0.3, 0.4) is 0 Å². The number of rotatable bonds is 9. The van der Waals surface area contributed by atoms with E-state index in [2.05, 4.69) is 5.32 Å². The van der Waals surface area contributed by atoms with Crippen LogP contribution in [0.5, 0.6) is 11.5 Å². The van der Waals surface area contributed by atoms with Gasteiger partial charge in [-0.1, -0.05) is 24.6 Å². The van der Waals surface area contributed by atoms with Gasteiger partial charge in [-0.3, -0.25) is 4.79 Å². The maximum atomic E-state index is 12.9. The smallest absolute Gasteiger partial charge is 0.253 e. The Kier molecular flexibility index (Phi) is 8.36. The summed E-state index contributed by atoms with van der Waals surface area (Å²) < 4.78 is 43.4. The first-order valence-corrected chi connectivity index (χ1v) is 12.1. The number of sulfonamides is 1. The fourth-order valence-corrected chi connectivity index (χ4v) is 4.84. The van der Waals surface area contributed by atoms with E-state index in [0.717, 1.165) is 12.0 Å². The van der Waals surface area contributed by atoms with Gasteiger partial charge in [-0.05, 0) is 42.3 Å². The zero-order chi connectivity index (χ0) is 23.1. The van der Waals surface area contributed by atoms with Crippen molar-refractivity contribution in [2.24, 2.45) is 0 Å². The summed E-state index contributed by atoms with van der Waals surface area (Å²) in [7, 11) is -2.19. The van der Waals surface area contributed by atoms with Crippen molar-refractivity contribution in [1.29, 1.82) is 0 Å². The van der Waals surface area contributed by atoms with Crippen LogP contribution in [0.15, 0.2) is 41.3 Å². The zero-order valence-electron chi connectivity index (χ0n) is 18.1. The van der Waals surface area contributed by atoms with Crippen molar-refractivity contribution in [3.05, 3.63) is 52.5 Å². The Bertz CT molecular complexity index is 1050. The molecule has 32 heavy (non-hydrogen) atoms. The van der Waals surface area contributed by atoms with Crippen molar-refractivity contribution in [3.8, 4) is 11.5 Å². The number of nitrogens with one attached hydrogen (secondary N) is 1. The van der Waals surface area contributed by atoms with E-state index in [1.54, 1.807) is 19.2 Å². The molecule has 10 heteroatoms. The molecular weight excluding hydrogens is 456 g/mol. The van der Waals surface area contributed by atoms with Gasteiger partial charge < -0.3 is 19.5 Å². The van der Waals surface area contributed by atoms with Gasteiger partial charge in [-0.25, -0.2) is 8.42 Å². The Morgan fingerprint density at radius 3 is 2.59 bits per heavy atom. The Morgan fingerprint density at radius 2 is 1.91 bits per heavy atom. The topological polar surface area (TPSA) is 94.2 Å². The fraction of sp³-hybridized carbons (Fsp3) is 0.409. The minimum atomic E-state index is -3.74. The average Bonchev–Trinajstić information content (AvgIpc) is 2.82. The molecule has 1 aliphatic heterocycles. The van der Waals surface area contributed by atoms with Gasteiger partial charge in [0.15, 0.2) is 11.5 Å². The zero-order valence-corrected chi connectivity index (χ0v) is 19.7. The SMILES string of the molecule is CCCOc1ccc(CNC(=O)c2cc(S(=O)(=O)N3CCOCC3)ccc2Cl)cc1OC. The van der Waals surface area contributed by atoms with Crippen LogP contribution in [0.2, 0.25) is 5.02 Å². The second-order valence-corrected chi connectivity index (χ2v) is 9.52. The first-order chi connectivity index (χ1) is 15.4. The molecule has 0 bridgehead atoms. The predicted molar refractivity (Wildman–Crippen MR) is 121 cm³/mol. The number of carbonyl (C=O) groups is 1. The van der Waals surface area contributed by atoms with Gasteiger partial charge in [0.1, 0.15) is 0 Å². The maximum absolute atomic E-state index is 12.9. The summed E-state index contributed by atoms with van der Waals surface area (Å²) in [6.07, 6.45) is 0.877. The lowest BCUT2D eigenvalue weighted by atomic mass is 10.1. The van der Waals surface area contributed by atoms with Crippen molar-refractivity contribution in [2.45, 2.75) is 24.8 Å². The van der Waals surface area contributed by atoms with E-state index >= 15 is 0 Å². The number of carbonyl (C=O) groups excluding carboxylic acids is 1. The second kappa shape index (κ2) is 11.0. The standard InChI is InChI=1S/C22H27ClN2O6S/c1-3-10-31-20-7-4-16(13-21(20)29-2)15-24-22(26)18-14-17(5-6-19(18)23)32(27,28)25-8-11-30-12-9-25/h4-7,13-14H,3,8-12,15H2,1-2H3,(H,24,26). The molecule has 1 aliphatic rings. The molecule has 1 fully saturated rings. The minimum Gasteiger partial charge on any atom is -0.493 e. The summed E-state index contributed by atoms with van der Waals surface area (Å²) in [5.41, 5.74) is 0.892. The quantitative estimate of drug-likeness (QED) is 0.590. The van der Waals surface area contributed by atoms with E-state index in [4.69, 9.17) is 25.8 Å². The van der Waals surface area contributed by atoms with Crippen molar-refractivity contribution >= 4 is 27.5 Å². The van der Waals surface area contributed by atoms with Gasteiger partial charge >= 0.3 is 0 Å². The highest BCUT2D eigenvalue weighted by Gasteiger charge is 2.27. The number of amides is 1. The molecule has 3 rings (SSSR count). The maximum Gasteiger partial charge on any atom is 0.253 e. The first-order valence-electron chi connectivity index (χ1n) is 10.3. The molecule has 8 nitrogen and oxygen atoms in total. The van der Waals surface area contributed by atoms with E-state index in [9.17, 15) is 13.2 Å². The molecule has 1 heterocycles. The number of halogens is 1. The predicted octanol–water partition coefficient (Wildman–Crippen LogP) is 3.09. The minimum absolute atomic E-state index is 0.0213. The number of morpholine rings is 1. The number of ether oxygens (including phenoxy) is 3. The average molecular weight is 483 g/mol. The number of hydrogen-bond acceptors (Lipinski definition) is 6. The number of benzene rings is 2. The molecule has 0 spiro atoms. The molecule has 1 amide bonds. The molecule has 2 aromatic rings. The van der Waals surface area contributed by atoms with Crippen LogP contribution in [-0.2, 0) is 21.3 Å². The van der Waals surface area contributed by atoms with Crippen molar-refractivity contribution in [2.75, 3.05) is 40.0 Å². The van der Waals surface area contributed by atoms with Crippen LogP contribution in [0, 0.1) is 0 Å². The van der Waals surface area contributed by atoms with Gasteiger partial charge in [0.2, 0.25) is 10.0 Å². The highest BCUT2D eigenvalue weighted by atomic mass is 35.5. The van der Waals surface area contributed by atoms with E-state index in [-0.39, 0.29) is 35.1 Å². The molecule has 0 aliphatic carbocycles. The van der Waals surface area contributed by atoms with Crippen molar-refractivity contribution in [1.82, 2.24) is 9.62 Å². The molecule has 0 saturated carbocycles. The Morgan fingerprint density at radius 1 is 1.16 bits per heavy atom. The fourth-order valence-electron chi connectivity index (χ4n) is 3.21. The molecule has 1 saturated heterocycles. The number of methoxy groups -OCH3 is 1. The van der Waals surface area contributed by atoms with E-state index < -0.39 is 15.9 Å². The van der Waals surface area contributed by atoms with Crippen LogP contribution in [0.1, 0.15) is 29.3 Å². The summed E-state index contributed by atoms with van der Waals surface area (Å²) in [6, 6.07) is 9.54. The van der Waals surface area contributed by atoms with Crippen molar-refractivity contribution in [3.63, 3.8) is 0 Å². The Labute approximate surface area is 193 Å². The van der Waals surface area contributed by atoms with Gasteiger partial charge in [-0.2, -0.15) is 4.31 Å². The number of hydrogen-bond donors (Lipinski definition) is 1. The lowest BCUT2D eigenvalue weighted by Gasteiger charge is -2.26. The van der Waals surface area contributed by atoms with E-state index in [1.807, 2.05) is 13.0 Å². The Hall–Kier alpha value is -2.33. The summed E-state index contributed by atoms with van der Waals surface area (Å²) in [4.78, 5) is 12.8. The normalized spacial score (nSPS) is 14.7. The van der Waals surface area contributed by atoms with Crippen LogP contribution < -0.4 is 14.8 Å². The highest BCUT2D eigenvalue weighted by Crippen LogP contribution is 2.28. The molecule has 0 radical (unpaired) electrons. The van der Waals surface area contributed by atoms with E-state index in [1.165, 1.54) is 22.5 Å². The lowest BCUT2D eigenvalue weighted by Crippen LogP contribution is -2.40. The summed E-state index contributed by atoms with van der Waals surface area (Å²) in [5, 5.41) is 2.95. The third kappa shape index (κ3) is 5.72. The van der Waals surface area contributed by atoms with Crippen LogP contribution in [0.25, 0.3) is 0 Å². The molecule has 2 aromatic carbocycles. The highest BCUT2D eigenvalue weighted by molar-refractivity contribution is 7.89. The van der Waals surface area contributed by atoms with Crippen LogP contribution in [-0.4, -0.2) is 58.7 Å². The largest absolute Gasteiger partial charge is 0.493 e. The van der Waals surface area contributed by atoms with Crippen LogP contribution >= 0.6 is 11.6 Å². The lowest BCUT2D eigenvalue weighted by molar-refractivity contribution is 0.0730. The summed E-state index contributed by atoms with van der Waals surface area (Å²) in [5.74, 6) is 0.731. The van der Waals surface area contributed by atoms with Crippen molar-refractivity contribution < 1.29 is 27.4 Å². The van der Waals surface area contributed by atoms with Crippen LogP contribution in [0.4, 0.5) is 0 Å². The van der Waals surface area contributed by atoms with Gasteiger partial charge in [0, 0.05) is 19.6 Å². The van der Waals surface area contributed by atoms with Gasteiger partial charge in [0.05, 0.1) is 42.4 Å². The monoisotopic (exact) mass is 482 g/mol. The molecular formula is C22H27ClN2O6S. The third-order valence-electron chi connectivity index (χ3n) is 4.93. The van der Waals surface area contributed by atoms with Gasteiger partial charge in [-0.15, -0.1) is 0 Å². The molecule has 0 unspecified atom stereocenters. The molecule has 174 valence electrons. The molecule has 0 atom stereocenters. The summed E-state index contributed by atoms with van der Waals surface area (Å²) >= 11 is 6.20. The number of nitrogens with zero attached hydrogens (tertiary/aromatic N) is 1. The molecule has 1 N–H and O–H groups in total. The van der Waals surface area contributed by atoms with Gasteiger partial charge in [0.25, 0.3) is 5.91 Å².